The highest BCUT2D eigenvalue weighted by atomic mass is 127. The molecule has 1 heterocycles. The number of piperidine rings is 1. The number of aliphatic imine (C=N–C) groups is 1. The molecule has 1 aromatic carbocycles. The van der Waals surface area contributed by atoms with Gasteiger partial charge in [-0.2, -0.15) is 0 Å². The standard InChI is InChI=1S/C22H37N5O.HI/c1-5-23-22(25-17-20-12-7-8-15-27(20)6-2)24-14-13-18-10-9-11-19(16-18)21(28)26(3)4;/h9-11,16,20H,5-8,12-15,17H2,1-4H3,(H2,23,24,25);1H. The first-order valence-electron chi connectivity index (χ1n) is 10.6. The Morgan fingerprint density at radius 1 is 1.24 bits per heavy atom. The molecule has 0 radical (unpaired) electrons. The first kappa shape index (κ1) is 25.7. The van der Waals surface area contributed by atoms with E-state index in [0.29, 0.717) is 6.04 Å². The number of likely N-dealkylation sites (N-methyl/N-ethyl adjacent to an activating group) is 1. The van der Waals surface area contributed by atoms with Crippen LogP contribution in [0.2, 0.25) is 0 Å². The Hall–Kier alpha value is -1.35. The molecule has 1 saturated heterocycles. The normalized spacial score (nSPS) is 17.4. The molecule has 29 heavy (non-hydrogen) atoms. The summed E-state index contributed by atoms with van der Waals surface area (Å²) in [6.07, 6.45) is 4.71. The van der Waals surface area contributed by atoms with Crippen molar-refractivity contribution in [2.24, 2.45) is 4.99 Å². The highest BCUT2D eigenvalue weighted by Crippen LogP contribution is 2.16. The molecule has 0 aliphatic carbocycles. The lowest BCUT2D eigenvalue weighted by atomic mass is 10.0. The first-order chi connectivity index (χ1) is 13.5. The van der Waals surface area contributed by atoms with Crippen molar-refractivity contribution in [2.75, 3.05) is 46.8 Å². The van der Waals surface area contributed by atoms with Crippen molar-refractivity contribution in [2.45, 2.75) is 45.6 Å². The lowest BCUT2D eigenvalue weighted by Crippen LogP contribution is -2.43. The van der Waals surface area contributed by atoms with Crippen LogP contribution in [-0.2, 0) is 6.42 Å². The smallest absolute Gasteiger partial charge is 0.253 e. The Labute approximate surface area is 193 Å². The second-order valence-electron chi connectivity index (χ2n) is 7.57. The second-order valence-corrected chi connectivity index (χ2v) is 7.57. The van der Waals surface area contributed by atoms with Crippen molar-refractivity contribution in [3.05, 3.63) is 35.4 Å². The lowest BCUT2D eigenvalue weighted by Gasteiger charge is -2.34. The van der Waals surface area contributed by atoms with E-state index in [9.17, 15) is 4.79 Å². The summed E-state index contributed by atoms with van der Waals surface area (Å²) in [5, 5.41) is 6.78. The highest BCUT2D eigenvalue weighted by molar-refractivity contribution is 14.0. The number of nitrogens with zero attached hydrogens (tertiary/aromatic N) is 3. The molecule has 2 rings (SSSR count). The van der Waals surface area contributed by atoms with Crippen molar-refractivity contribution in [3.8, 4) is 0 Å². The highest BCUT2D eigenvalue weighted by Gasteiger charge is 2.20. The largest absolute Gasteiger partial charge is 0.357 e. The fraction of sp³-hybridized carbons (Fsp3) is 0.636. The Morgan fingerprint density at radius 2 is 2.03 bits per heavy atom. The van der Waals surface area contributed by atoms with Crippen LogP contribution in [0, 0.1) is 0 Å². The number of nitrogens with one attached hydrogen (secondary N) is 2. The van der Waals surface area contributed by atoms with Gasteiger partial charge in [0.15, 0.2) is 5.96 Å². The summed E-state index contributed by atoms with van der Waals surface area (Å²) in [7, 11) is 3.56. The number of halogens is 1. The molecule has 1 atom stereocenters. The molecule has 1 fully saturated rings. The van der Waals surface area contributed by atoms with Gasteiger partial charge in [0, 0.05) is 38.8 Å². The SMILES string of the molecule is CCNC(=NCC1CCCCN1CC)NCCc1cccc(C(=O)N(C)C)c1.I. The van der Waals surface area contributed by atoms with Crippen LogP contribution >= 0.6 is 24.0 Å². The van der Waals surface area contributed by atoms with E-state index in [1.165, 1.54) is 25.8 Å². The molecule has 6 nitrogen and oxygen atoms in total. The summed E-state index contributed by atoms with van der Waals surface area (Å²) in [6.45, 7) is 9.10. The molecule has 2 N–H and O–H groups in total. The van der Waals surface area contributed by atoms with Gasteiger partial charge in [0.2, 0.25) is 0 Å². The lowest BCUT2D eigenvalue weighted by molar-refractivity contribution is 0.0827. The maximum atomic E-state index is 12.1. The van der Waals surface area contributed by atoms with E-state index in [2.05, 4.69) is 35.4 Å². The molecule has 1 aromatic rings. The zero-order valence-electron chi connectivity index (χ0n) is 18.4. The van der Waals surface area contributed by atoms with Gasteiger partial charge in [-0.3, -0.25) is 14.7 Å². The van der Waals surface area contributed by atoms with Crippen LogP contribution in [0.5, 0.6) is 0 Å². The van der Waals surface area contributed by atoms with Crippen molar-refractivity contribution in [3.63, 3.8) is 0 Å². The van der Waals surface area contributed by atoms with Crippen molar-refractivity contribution in [1.29, 1.82) is 0 Å². The average Bonchev–Trinajstić information content (AvgIpc) is 2.71. The number of carbonyl (C=O) groups is 1. The summed E-state index contributed by atoms with van der Waals surface area (Å²) >= 11 is 0. The average molecular weight is 515 g/mol. The van der Waals surface area contributed by atoms with Crippen LogP contribution in [0.4, 0.5) is 0 Å². The number of hydrogen-bond acceptors (Lipinski definition) is 3. The summed E-state index contributed by atoms with van der Waals surface area (Å²) < 4.78 is 0. The molecule has 7 heteroatoms. The van der Waals surface area contributed by atoms with Crippen LogP contribution in [0.1, 0.15) is 49.0 Å². The van der Waals surface area contributed by atoms with E-state index in [-0.39, 0.29) is 29.9 Å². The van der Waals surface area contributed by atoms with Gasteiger partial charge in [-0.1, -0.05) is 25.5 Å². The van der Waals surface area contributed by atoms with Crippen molar-refractivity contribution >= 4 is 35.8 Å². The molecule has 0 aromatic heterocycles. The van der Waals surface area contributed by atoms with Gasteiger partial charge in [-0.15, -0.1) is 24.0 Å². The number of benzene rings is 1. The molecule has 0 spiro atoms. The third-order valence-electron chi connectivity index (χ3n) is 5.25. The molecular formula is C22H38IN5O. The van der Waals surface area contributed by atoms with Crippen LogP contribution in [0.25, 0.3) is 0 Å². The van der Waals surface area contributed by atoms with Gasteiger partial charge in [0.25, 0.3) is 5.91 Å². The summed E-state index contributed by atoms with van der Waals surface area (Å²) in [5.74, 6) is 0.919. The number of carbonyl (C=O) groups excluding carboxylic acids is 1. The zero-order valence-corrected chi connectivity index (χ0v) is 20.7. The minimum Gasteiger partial charge on any atom is -0.357 e. The number of hydrogen-bond donors (Lipinski definition) is 2. The Bertz CT molecular complexity index is 650. The number of likely N-dealkylation sites (tertiary alicyclic amines) is 1. The van der Waals surface area contributed by atoms with Gasteiger partial charge in [-0.25, -0.2) is 0 Å². The fourth-order valence-electron chi connectivity index (χ4n) is 3.66. The van der Waals surface area contributed by atoms with E-state index in [1.54, 1.807) is 19.0 Å². The number of rotatable bonds is 8. The summed E-state index contributed by atoms with van der Waals surface area (Å²) in [4.78, 5) is 21.1. The molecule has 1 amide bonds. The molecule has 164 valence electrons. The molecular weight excluding hydrogens is 477 g/mol. The Balaban J connectivity index is 0.00000420. The van der Waals surface area contributed by atoms with E-state index >= 15 is 0 Å². The van der Waals surface area contributed by atoms with Crippen LogP contribution in [0.3, 0.4) is 0 Å². The zero-order chi connectivity index (χ0) is 20.4. The molecule has 0 saturated carbocycles. The molecule has 1 aliphatic rings. The van der Waals surface area contributed by atoms with Crippen LogP contribution < -0.4 is 10.6 Å². The number of guanidine groups is 1. The predicted octanol–water partition coefficient (Wildman–Crippen LogP) is 2.98. The van der Waals surface area contributed by atoms with Gasteiger partial charge < -0.3 is 15.5 Å². The molecule has 0 bridgehead atoms. The fourth-order valence-corrected chi connectivity index (χ4v) is 3.66. The van der Waals surface area contributed by atoms with E-state index in [1.807, 2.05) is 18.2 Å². The van der Waals surface area contributed by atoms with Gasteiger partial charge >= 0.3 is 0 Å². The summed E-state index contributed by atoms with van der Waals surface area (Å²) in [5.41, 5.74) is 1.89. The van der Waals surface area contributed by atoms with Crippen molar-refractivity contribution < 1.29 is 4.79 Å². The topological polar surface area (TPSA) is 60.0 Å². The Morgan fingerprint density at radius 3 is 2.72 bits per heavy atom. The van der Waals surface area contributed by atoms with E-state index in [4.69, 9.17) is 4.99 Å². The maximum Gasteiger partial charge on any atom is 0.253 e. The van der Waals surface area contributed by atoms with E-state index in [0.717, 1.165) is 49.7 Å². The molecule has 1 unspecified atom stereocenters. The summed E-state index contributed by atoms with van der Waals surface area (Å²) in [6, 6.07) is 8.43. The number of amides is 1. The van der Waals surface area contributed by atoms with Crippen molar-refractivity contribution in [1.82, 2.24) is 20.4 Å². The monoisotopic (exact) mass is 515 g/mol. The first-order valence-corrected chi connectivity index (χ1v) is 10.6. The van der Waals surface area contributed by atoms with Gasteiger partial charge in [0.1, 0.15) is 0 Å². The third kappa shape index (κ3) is 8.50. The third-order valence-corrected chi connectivity index (χ3v) is 5.25. The Kier molecular flexibility index (Phi) is 12.2. The quantitative estimate of drug-likeness (QED) is 0.318. The van der Waals surface area contributed by atoms with Gasteiger partial charge in [-0.05, 0) is 57.0 Å². The minimum absolute atomic E-state index is 0. The van der Waals surface area contributed by atoms with E-state index < -0.39 is 0 Å². The molecule has 1 aliphatic heterocycles. The maximum absolute atomic E-state index is 12.1. The van der Waals surface area contributed by atoms with Gasteiger partial charge in [0.05, 0.1) is 6.54 Å². The predicted molar refractivity (Wildman–Crippen MR) is 132 cm³/mol. The van der Waals surface area contributed by atoms with Crippen LogP contribution in [-0.4, -0.2) is 74.5 Å². The minimum atomic E-state index is 0. The second kappa shape index (κ2) is 13.8. The van der Waals surface area contributed by atoms with Crippen LogP contribution in [0.15, 0.2) is 29.3 Å².